The number of primary amides is 1. The maximum atomic E-state index is 14.4. The first-order chi connectivity index (χ1) is 12.5. The number of halogens is 1. The van der Waals surface area contributed by atoms with Crippen molar-refractivity contribution >= 4 is 29.3 Å². The summed E-state index contributed by atoms with van der Waals surface area (Å²) in [4.78, 5) is 25.3. The van der Waals surface area contributed by atoms with E-state index in [-0.39, 0.29) is 11.1 Å². The Morgan fingerprint density at radius 3 is 2.38 bits per heavy atom. The van der Waals surface area contributed by atoms with Crippen LogP contribution in [0.15, 0.2) is 82.6 Å². The van der Waals surface area contributed by atoms with E-state index in [1.165, 1.54) is 30.0 Å². The summed E-state index contributed by atoms with van der Waals surface area (Å²) in [6, 6.07) is 20.1. The van der Waals surface area contributed by atoms with E-state index in [1.807, 2.05) is 30.3 Å². The van der Waals surface area contributed by atoms with Crippen LogP contribution in [0.5, 0.6) is 0 Å². The molecule has 130 valence electrons. The molecule has 0 atom stereocenters. The highest BCUT2D eigenvalue weighted by molar-refractivity contribution is 7.99. The zero-order valence-corrected chi connectivity index (χ0v) is 14.4. The first-order valence-corrected chi connectivity index (χ1v) is 8.59. The molecular weight excluding hydrogens is 351 g/mol. The van der Waals surface area contributed by atoms with Gasteiger partial charge in [0.25, 0.3) is 5.91 Å². The van der Waals surface area contributed by atoms with Crippen LogP contribution in [0.25, 0.3) is 0 Å². The Labute approximate surface area is 154 Å². The Morgan fingerprint density at radius 1 is 0.923 bits per heavy atom. The number of carbonyl (C=O) groups is 2. The van der Waals surface area contributed by atoms with Gasteiger partial charge in [-0.05, 0) is 42.5 Å². The van der Waals surface area contributed by atoms with Crippen LogP contribution in [0.3, 0.4) is 0 Å². The third kappa shape index (κ3) is 4.10. The number of nitrogens with one attached hydrogen (secondary N) is 1. The number of anilines is 1. The van der Waals surface area contributed by atoms with Crippen LogP contribution in [0.1, 0.15) is 20.7 Å². The SMILES string of the molecule is NC(=O)c1cccc(NC(=O)c2c(F)cccc2Sc2ccccc2)c1. The molecule has 4 nitrogen and oxygen atoms in total. The predicted molar refractivity (Wildman–Crippen MR) is 99.9 cm³/mol. The van der Waals surface area contributed by atoms with Gasteiger partial charge in [0.2, 0.25) is 5.91 Å². The lowest BCUT2D eigenvalue weighted by molar-refractivity contribution is 0.0995. The topological polar surface area (TPSA) is 72.2 Å². The second-order valence-electron chi connectivity index (χ2n) is 5.43. The van der Waals surface area contributed by atoms with Crippen LogP contribution in [0.4, 0.5) is 10.1 Å². The summed E-state index contributed by atoms with van der Waals surface area (Å²) in [6.45, 7) is 0. The highest BCUT2D eigenvalue weighted by atomic mass is 32.2. The first-order valence-electron chi connectivity index (χ1n) is 7.77. The van der Waals surface area contributed by atoms with Gasteiger partial charge in [0.1, 0.15) is 5.82 Å². The van der Waals surface area contributed by atoms with Gasteiger partial charge in [-0.1, -0.05) is 42.1 Å². The predicted octanol–water partition coefficient (Wildman–Crippen LogP) is 4.33. The number of benzene rings is 3. The highest BCUT2D eigenvalue weighted by Crippen LogP contribution is 2.32. The van der Waals surface area contributed by atoms with Gasteiger partial charge in [0.15, 0.2) is 0 Å². The van der Waals surface area contributed by atoms with Crippen molar-refractivity contribution < 1.29 is 14.0 Å². The molecule has 0 fully saturated rings. The minimum atomic E-state index is -0.616. The van der Waals surface area contributed by atoms with Crippen LogP contribution in [-0.4, -0.2) is 11.8 Å². The molecule has 3 N–H and O–H groups in total. The van der Waals surface area contributed by atoms with E-state index in [0.29, 0.717) is 10.6 Å². The number of hydrogen-bond acceptors (Lipinski definition) is 3. The largest absolute Gasteiger partial charge is 0.366 e. The Kier molecular flexibility index (Phi) is 5.34. The van der Waals surface area contributed by atoms with Crippen LogP contribution in [-0.2, 0) is 0 Å². The van der Waals surface area contributed by atoms with Crippen molar-refractivity contribution in [2.75, 3.05) is 5.32 Å². The quantitative estimate of drug-likeness (QED) is 0.706. The Hall–Kier alpha value is -3.12. The average molecular weight is 366 g/mol. The van der Waals surface area contributed by atoms with Crippen molar-refractivity contribution in [3.05, 3.63) is 89.7 Å². The van der Waals surface area contributed by atoms with Crippen molar-refractivity contribution in [3.8, 4) is 0 Å². The normalized spacial score (nSPS) is 10.3. The molecule has 0 heterocycles. The second kappa shape index (κ2) is 7.84. The van der Waals surface area contributed by atoms with E-state index in [0.717, 1.165) is 4.90 Å². The molecule has 0 saturated heterocycles. The molecule has 0 aliphatic carbocycles. The molecule has 0 aliphatic rings. The van der Waals surface area contributed by atoms with Crippen LogP contribution >= 0.6 is 11.8 Å². The zero-order chi connectivity index (χ0) is 18.5. The maximum absolute atomic E-state index is 14.4. The van der Waals surface area contributed by atoms with Crippen molar-refractivity contribution in [2.45, 2.75) is 9.79 Å². The van der Waals surface area contributed by atoms with E-state index in [1.54, 1.807) is 24.3 Å². The smallest absolute Gasteiger partial charge is 0.259 e. The van der Waals surface area contributed by atoms with E-state index < -0.39 is 17.6 Å². The minimum absolute atomic E-state index is 0.0502. The van der Waals surface area contributed by atoms with Crippen molar-refractivity contribution in [1.29, 1.82) is 0 Å². The molecule has 3 aromatic carbocycles. The molecule has 0 aromatic heterocycles. The standard InChI is InChI=1S/C20H15FN2O2S/c21-16-10-5-11-17(26-15-8-2-1-3-9-15)18(16)20(25)23-14-7-4-6-13(12-14)19(22)24/h1-12H,(H2,22,24)(H,23,25). The third-order valence-corrected chi connectivity index (χ3v) is 4.65. The highest BCUT2D eigenvalue weighted by Gasteiger charge is 2.18. The lowest BCUT2D eigenvalue weighted by atomic mass is 10.1. The fourth-order valence-electron chi connectivity index (χ4n) is 2.37. The summed E-state index contributed by atoms with van der Waals surface area (Å²) in [5.41, 5.74) is 5.82. The van der Waals surface area contributed by atoms with Gasteiger partial charge in [-0.25, -0.2) is 4.39 Å². The first kappa shape index (κ1) is 17.7. The summed E-state index contributed by atoms with van der Waals surface area (Å²) in [7, 11) is 0. The van der Waals surface area contributed by atoms with Crippen LogP contribution < -0.4 is 11.1 Å². The molecular formula is C20H15FN2O2S. The number of carbonyl (C=O) groups excluding carboxylic acids is 2. The molecule has 0 saturated carbocycles. The van der Waals surface area contributed by atoms with E-state index in [2.05, 4.69) is 5.32 Å². The molecule has 0 unspecified atom stereocenters. The number of nitrogens with two attached hydrogens (primary N) is 1. The summed E-state index contributed by atoms with van der Waals surface area (Å²) in [5, 5.41) is 2.62. The average Bonchev–Trinajstić information content (AvgIpc) is 2.63. The number of hydrogen-bond donors (Lipinski definition) is 2. The lowest BCUT2D eigenvalue weighted by Gasteiger charge is -2.11. The minimum Gasteiger partial charge on any atom is -0.366 e. The Bertz CT molecular complexity index is 961. The monoisotopic (exact) mass is 366 g/mol. The van der Waals surface area contributed by atoms with Crippen LogP contribution in [0.2, 0.25) is 0 Å². The van der Waals surface area contributed by atoms with Gasteiger partial charge in [-0.15, -0.1) is 0 Å². The van der Waals surface area contributed by atoms with Gasteiger partial charge in [-0.2, -0.15) is 0 Å². The molecule has 3 aromatic rings. The Morgan fingerprint density at radius 2 is 1.65 bits per heavy atom. The molecule has 0 spiro atoms. The van der Waals surface area contributed by atoms with Crippen molar-refractivity contribution in [1.82, 2.24) is 0 Å². The molecule has 26 heavy (non-hydrogen) atoms. The van der Waals surface area contributed by atoms with Crippen molar-refractivity contribution in [3.63, 3.8) is 0 Å². The molecule has 3 rings (SSSR count). The van der Waals surface area contributed by atoms with E-state index in [9.17, 15) is 14.0 Å². The summed E-state index contributed by atoms with van der Waals surface area (Å²) in [5.74, 6) is -1.81. The molecule has 6 heteroatoms. The fraction of sp³-hybridized carbons (Fsp3) is 0. The molecule has 0 bridgehead atoms. The molecule has 0 aliphatic heterocycles. The summed E-state index contributed by atoms with van der Waals surface area (Å²) >= 11 is 1.30. The third-order valence-electron chi connectivity index (χ3n) is 3.58. The second-order valence-corrected chi connectivity index (χ2v) is 6.54. The van der Waals surface area contributed by atoms with Gasteiger partial charge < -0.3 is 11.1 Å². The number of rotatable bonds is 5. The summed E-state index contributed by atoms with van der Waals surface area (Å²) in [6.07, 6.45) is 0. The zero-order valence-electron chi connectivity index (χ0n) is 13.6. The van der Waals surface area contributed by atoms with Crippen LogP contribution in [0, 0.1) is 5.82 Å². The van der Waals surface area contributed by atoms with E-state index >= 15 is 0 Å². The van der Waals surface area contributed by atoms with E-state index in [4.69, 9.17) is 5.73 Å². The van der Waals surface area contributed by atoms with Gasteiger partial charge in [0.05, 0.1) is 5.56 Å². The lowest BCUT2D eigenvalue weighted by Crippen LogP contribution is -2.16. The Balaban J connectivity index is 1.89. The molecule has 2 amide bonds. The number of amides is 2. The van der Waals surface area contributed by atoms with Gasteiger partial charge in [-0.3, -0.25) is 9.59 Å². The van der Waals surface area contributed by atoms with Gasteiger partial charge >= 0.3 is 0 Å². The maximum Gasteiger partial charge on any atom is 0.259 e. The van der Waals surface area contributed by atoms with Gasteiger partial charge in [0, 0.05) is 21.0 Å². The summed E-state index contributed by atoms with van der Waals surface area (Å²) < 4.78 is 14.4. The van der Waals surface area contributed by atoms with Crippen molar-refractivity contribution in [2.24, 2.45) is 5.73 Å². The fourth-order valence-corrected chi connectivity index (χ4v) is 3.36. The molecule has 0 radical (unpaired) electrons.